The van der Waals surface area contributed by atoms with Crippen molar-refractivity contribution in [3.63, 3.8) is 0 Å². The van der Waals surface area contributed by atoms with Crippen molar-refractivity contribution < 1.29 is 0 Å². The molecule has 0 radical (unpaired) electrons. The number of hydrogen-bond acceptors (Lipinski definition) is 1. The third-order valence-corrected chi connectivity index (χ3v) is 5.04. The Morgan fingerprint density at radius 1 is 1.08 bits per heavy atom. The molecule has 3 aliphatic rings. The summed E-state index contributed by atoms with van der Waals surface area (Å²) < 4.78 is 0. The summed E-state index contributed by atoms with van der Waals surface area (Å²) in [5.74, 6) is 3.19. The van der Waals surface area contributed by atoms with Gasteiger partial charge in [-0.3, -0.25) is 0 Å². The quantitative estimate of drug-likeness (QED) is 0.657. The second kappa shape index (κ2) is 2.73. The van der Waals surface area contributed by atoms with Crippen LogP contribution in [0.3, 0.4) is 0 Å². The van der Waals surface area contributed by atoms with Gasteiger partial charge in [0.05, 0.1) is 0 Å². The van der Waals surface area contributed by atoms with E-state index in [1.54, 1.807) is 6.42 Å². The van der Waals surface area contributed by atoms with E-state index in [0.717, 1.165) is 24.3 Å². The van der Waals surface area contributed by atoms with E-state index in [1.165, 1.54) is 38.5 Å². The minimum absolute atomic E-state index is 0.610. The van der Waals surface area contributed by atoms with E-state index in [4.69, 9.17) is 5.73 Å². The van der Waals surface area contributed by atoms with Crippen LogP contribution < -0.4 is 5.73 Å². The smallest absolute Gasteiger partial charge is 0.00202 e. The number of fused-ring (bicyclic) bond motifs is 2. The van der Waals surface area contributed by atoms with Crippen LogP contribution in [0.2, 0.25) is 0 Å². The van der Waals surface area contributed by atoms with E-state index < -0.39 is 0 Å². The molecule has 2 N–H and O–H groups in total. The van der Waals surface area contributed by atoms with Crippen molar-refractivity contribution in [2.24, 2.45) is 28.9 Å². The Morgan fingerprint density at radius 2 is 1.92 bits per heavy atom. The lowest BCUT2D eigenvalue weighted by Crippen LogP contribution is -2.33. The van der Waals surface area contributed by atoms with Gasteiger partial charge in [0.1, 0.15) is 0 Å². The van der Waals surface area contributed by atoms with Crippen LogP contribution in [0.25, 0.3) is 0 Å². The monoisotopic (exact) mass is 179 g/mol. The number of rotatable bonds is 1. The first kappa shape index (κ1) is 8.28. The summed E-state index contributed by atoms with van der Waals surface area (Å²) in [5, 5.41) is 0. The molecule has 0 amide bonds. The summed E-state index contributed by atoms with van der Waals surface area (Å²) >= 11 is 0. The first-order valence-electron chi connectivity index (χ1n) is 6.01. The fraction of sp³-hybridized carbons (Fsp3) is 1.00. The topological polar surface area (TPSA) is 26.0 Å². The van der Waals surface area contributed by atoms with Crippen molar-refractivity contribution in [3.8, 4) is 0 Å². The molecule has 3 saturated carbocycles. The van der Waals surface area contributed by atoms with Crippen LogP contribution in [0, 0.1) is 23.2 Å². The van der Waals surface area contributed by atoms with Gasteiger partial charge in [0, 0.05) is 0 Å². The van der Waals surface area contributed by atoms with Gasteiger partial charge in [0.15, 0.2) is 0 Å². The Hall–Kier alpha value is -0.0400. The largest absolute Gasteiger partial charge is 0.330 e. The van der Waals surface area contributed by atoms with Crippen molar-refractivity contribution in [2.75, 3.05) is 6.54 Å². The van der Waals surface area contributed by atoms with Crippen LogP contribution in [0.15, 0.2) is 0 Å². The molecule has 0 heterocycles. The Bertz CT molecular complexity index is 209. The molecule has 4 unspecified atom stereocenters. The molecule has 13 heavy (non-hydrogen) atoms. The molecule has 3 rings (SSSR count). The molecular formula is C12H21N. The van der Waals surface area contributed by atoms with Gasteiger partial charge >= 0.3 is 0 Å². The highest BCUT2D eigenvalue weighted by atomic mass is 14.7. The van der Waals surface area contributed by atoms with Crippen LogP contribution >= 0.6 is 0 Å². The second-order valence-corrected chi connectivity index (χ2v) is 5.87. The van der Waals surface area contributed by atoms with Crippen LogP contribution in [-0.2, 0) is 0 Å². The molecule has 3 fully saturated rings. The number of nitrogens with two attached hydrogens (primary N) is 1. The molecule has 0 aliphatic heterocycles. The van der Waals surface area contributed by atoms with E-state index in [1.807, 2.05) is 0 Å². The molecule has 4 atom stereocenters. The molecule has 3 aliphatic carbocycles. The van der Waals surface area contributed by atoms with Gasteiger partial charge in [0.2, 0.25) is 0 Å². The van der Waals surface area contributed by atoms with Gasteiger partial charge in [0.25, 0.3) is 0 Å². The van der Waals surface area contributed by atoms with Crippen molar-refractivity contribution in [1.82, 2.24) is 0 Å². The molecule has 0 aromatic carbocycles. The van der Waals surface area contributed by atoms with Crippen molar-refractivity contribution >= 4 is 0 Å². The molecule has 74 valence electrons. The van der Waals surface area contributed by atoms with Crippen LogP contribution in [0.1, 0.15) is 44.9 Å². The lowest BCUT2D eigenvalue weighted by Gasteiger charge is -2.37. The predicted octanol–water partition coefficient (Wildman–Crippen LogP) is 2.55. The van der Waals surface area contributed by atoms with E-state index >= 15 is 0 Å². The second-order valence-electron chi connectivity index (χ2n) is 5.87. The highest BCUT2D eigenvalue weighted by Crippen LogP contribution is 2.59. The van der Waals surface area contributed by atoms with Gasteiger partial charge in [-0.2, -0.15) is 0 Å². The molecule has 0 spiro atoms. The Kier molecular flexibility index (Phi) is 1.74. The molecular weight excluding hydrogens is 158 g/mol. The standard InChI is InChI=1S/C12H21N/c13-8-12-5-9-2-1-3-10(6-12)11(4-9)7-12/h9-11H,1-8,13H2. The molecule has 0 aromatic rings. The Morgan fingerprint density at radius 3 is 2.77 bits per heavy atom. The zero-order chi connectivity index (χ0) is 8.89. The van der Waals surface area contributed by atoms with Crippen LogP contribution in [-0.4, -0.2) is 6.54 Å². The summed E-state index contributed by atoms with van der Waals surface area (Å²) in [4.78, 5) is 0. The fourth-order valence-corrected chi connectivity index (χ4v) is 4.57. The van der Waals surface area contributed by atoms with Crippen LogP contribution in [0.4, 0.5) is 0 Å². The van der Waals surface area contributed by atoms with Gasteiger partial charge in [-0.1, -0.05) is 19.3 Å². The molecule has 1 heteroatoms. The predicted molar refractivity (Wildman–Crippen MR) is 54.3 cm³/mol. The van der Waals surface area contributed by atoms with E-state index in [0.29, 0.717) is 5.41 Å². The Balaban J connectivity index is 1.91. The van der Waals surface area contributed by atoms with Crippen molar-refractivity contribution in [2.45, 2.75) is 44.9 Å². The minimum Gasteiger partial charge on any atom is -0.330 e. The summed E-state index contributed by atoms with van der Waals surface area (Å²) in [6.07, 6.45) is 10.5. The third kappa shape index (κ3) is 1.16. The molecule has 3 bridgehead atoms. The summed E-state index contributed by atoms with van der Waals surface area (Å²) in [6, 6.07) is 0. The van der Waals surface area contributed by atoms with Crippen molar-refractivity contribution in [3.05, 3.63) is 0 Å². The summed E-state index contributed by atoms with van der Waals surface area (Å²) in [7, 11) is 0. The average Bonchev–Trinajstić information content (AvgIpc) is 2.29. The SMILES string of the molecule is NCC12CC3CCCC(C1)C(C3)C2. The van der Waals surface area contributed by atoms with Gasteiger partial charge in [-0.15, -0.1) is 0 Å². The maximum absolute atomic E-state index is 5.98. The van der Waals surface area contributed by atoms with Crippen molar-refractivity contribution in [1.29, 1.82) is 0 Å². The van der Waals surface area contributed by atoms with Crippen LogP contribution in [0.5, 0.6) is 0 Å². The normalized spacial score (nSPS) is 53.8. The van der Waals surface area contributed by atoms with E-state index in [-0.39, 0.29) is 0 Å². The first-order chi connectivity index (χ1) is 6.31. The fourth-order valence-electron chi connectivity index (χ4n) is 4.57. The molecule has 0 saturated heterocycles. The van der Waals surface area contributed by atoms with Gasteiger partial charge in [-0.25, -0.2) is 0 Å². The highest BCUT2D eigenvalue weighted by molar-refractivity contribution is 5.01. The average molecular weight is 179 g/mol. The molecule has 0 aromatic heterocycles. The highest BCUT2D eigenvalue weighted by Gasteiger charge is 2.50. The summed E-state index contributed by atoms with van der Waals surface area (Å²) in [5.41, 5.74) is 6.59. The zero-order valence-corrected chi connectivity index (χ0v) is 8.47. The zero-order valence-electron chi connectivity index (χ0n) is 8.47. The van der Waals surface area contributed by atoms with E-state index in [9.17, 15) is 0 Å². The summed E-state index contributed by atoms with van der Waals surface area (Å²) in [6.45, 7) is 0.969. The maximum Gasteiger partial charge on any atom is -0.00202 e. The van der Waals surface area contributed by atoms with Gasteiger partial charge in [-0.05, 0) is 55.4 Å². The number of hydrogen-bond donors (Lipinski definition) is 1. The first-order valence-corrected chi connectivity index (χ1v) is 6.01. The Labute approximate surface area is 81.1 Å². The maximum atomic E-state index is 5.98. The minimum atomic E-state index is 0.610. The third-order valence-electron chi connectivity index (χ3n) is 5.04. The van der Waals surface area contributed by atoms with E-state index in [2.05, 4.69) is 0 Å². The van der Waals surface area contributed by atoms with Gasteiger partial charge < -0.3 is 5.73 Å². The molecule has 1 nitrogen and oxygen atoms in total. The lowest BCUT2D eigenvalue weighted by atomic mass is 9.70. The lowest BCUT2D eigenvalue weighted by molar-refractivity contribution is 0.155.